The van der Waals surface area contributed by atoms with E-state index in [-0.39, 0.29) is 17.1 Å². The van der Waals surface area contributed by atoms with Crippen LogP contribution in [0.3, 0.4) is 0 Å². The van der Waals surface area contributed by atoms with Gasteiger partial charge in [0.05, 0.1) is 11.3 Å². The summed E-state index contributed by atoms with van der Waals surface area (Å²) in [4.78, 5) is 29.0. The van der Waals surface area contributed by atoms with Gasteiger partial charge in [-0.2, -0.15) is 0 Å². The van der Waals surface area contributed by atoms with Crippen LogP contribution < -0.4 is 4.90 Å². The number of carbonyl (C=O) groups excluding carboxylic acids is 2. The van der Waals surface area contributed by atoms with Crippen LogP contribution in [0.5, 0.6) is 0 Å². The van der Waals surface area contributed by atoms with Crippen LogP contribution in [0.1, 0.15) is 36.7 Å². The van der Waals surface area contributed by atoms with Crippen molar-refractivity contribution >= 4 is 56.1 Å². The first kappa shape index (κ1) is 22.2. The molecule has 1 aliphatic rings. The average Bonchev–Trinajstić information content (AvgIpc) is 3.43. The molecule has 1 aliphatic carbocycles. The van der Waals surface area contributed by atoms with Gasteiger partial charge in [-0.15, -0.1) is 11.3 Å². The molecule has 0 spiro atoms. The summed E-state index contributed by atoms with van der Waals surface area (Å²) in [7, 11) is 0. The zero-order valence-electron chi connectivity index (χ0n) is 20.0. The average molecular weight is 486 g/mol. The van der Waals surface area contributed by atoms with E-state index >= 15 is 0 Å². The number of Topliss-reactive ketones (excluding diaryl/α,β-unsaturated/α-hetero) is 2. The Bertz CT molecular complexity index is 1650. The number of carbonyl (C=O) groups is 2. The van der Waals surface area contributed by atoms with Gasteiger partial charge in [-0.1, -0.05) is 66.7 Å². The van der Waals surface area contributed by atoms with Crippen LogP contribution in [0.15, 0.2) is 103 Å². The summed E-state index contributed by atoms with van der Waals surface area (Å²) >= 11 is 1.57. The third kappa shape index (κ3) is 3.76. The zero-order valence-corrected chi connectivity index (χ0v) is 20.8. The van der Waals surface area contributed by atoms with Crippen molar-refractivity contribution < 1.29 is 9.59 Å². The van der Waals surface area contributed by atoms with Crippen molar-refractivity contribution in [1.82, 2.24) is 0 Å². The molecule has 36 heavy (non-hydrogen) atoms. The molecule has 5 aromatic rings. The number of anilines is 3. The molecule has 0 fully saturated rings. The molecule has 1 heterocycles. The van der Waals surface area contributed by atoms with Crippen molar-refractivity contribution in [3.05, 3.63) is 130 Å². The second-order valence-corrected chi connectivity index (χ2v) is 10.2. The molecule has 4 heteroatoms. The summed E-state index contributed by atoms with van der Waals surface area (Å²) in [5, 5.41) is 3.34. The van der Waals surface area contributed by atoms with Gasteiger partial charge in [0, 0.05) is 27.1 Å². The molecule has 0 N–H and O–H groups in total. The summed E-state index contributed by atoms with van der Waals surface area (Å²) in [6.45, 7) is 4.22. The molecule has 0 unspecified atom stereocenters. The number of hydrogen-bond acceptors (Lipinski definition) is 4. The lowest BCUT2D eigenvalue weighted by Crippen LogP contribution is -2.09. The van der Waals surface area contributed by atoms with Gasteiger partial charge in [0.1, 0.15) is 5.00 Å². The van der Waals surface area contributed by atoms with Gasteiger partial charge < -0.3 is 4.90 Å². The molecule has 3 nitrogen and oxygen atoms in total. The predicted octanol–water partition coefficient (Wildman–Crippen LogP) is 8.45. The Kier molecular flexibility index (Phi) is 5.39. The first-order chi connectivity index (χ1) is 17.5. The van der Waals surface area contributed by atoms with Crippen molar-refractivity contribution in [3.63, 3.8) is 0 Å². The van der Waals surface area contributed by atoms with E-state index in [9.17, 15) is 9.59 Å². The first-order valence-electron chi connectivity index (χ1n) is 11.9. The summed E-state index contributed by atoms with van der Waals surface area (Å²) in [5.74, 6) is -0.406. The third-order valence-corrected chi connectivity index (χ3v) is 7.51. The zero-order chi connectivity index (χ0) is 24.8. The summed E-state index contributed by atoms with van der Waals surface area (Å²) in [6.07, 6.45) is 1.74. The number of hydrogen-bond donors (Lipinski definition) is 0. The maximum absolute atomic E-state index is 12.9. The number of fused-ring (bicyclic) bond motifs is 2. The van der Waals surface area contributed by atoms with Gasteiger partial charge in [0.2, 0.25) is 0 Å². The van der Waals surface area contributed by atoms with Crippen LogP contribution in [-0.4, -0.2) is 11.6 Å². The number of ketones is 2. The van der Waals surface area contributed by atoms with Crippen LogP contribution in [0, 0.1) is 13.8 Å². The normalized spacial score (nSPS) is 12.8. The quantitative estimate of drug-likeness (QED) is 0.189. The Morgan fingerprint density at radius 1 is 0.694 bits per heavy atom. The SMILES string of the molecule is Cc1cc(C)cc(N(c2ccc(C=C3C(=O)c4ccccc4C3=O)s2)c2cccc3ccccc23)c1. The number of nitrogens with zero attached hydrogens (tertiary/aromatic N) is 1. The molecule has 0 bridgehead atoms. The molecule has 0 amide bonds. The number of rotatable bonds is 4. The standard InChI is InChI=1S/C32H23NO2S/c1-20-16-21(2)18-23(17-20)33(29-13-7-9-22-8-3-4-10-25(22)29)30-15-14-24(36-30)19-28-31(34)26-11-5-6-12-27(26)32(28)35/h3-19H,1-2H3. The molecule has 0 saturated carbocycles. The van der Waals surface area contributed by atoms with Crippen molar-refractivity contribution in [2.24, 2.45) is 0 Å². The Morgan fingerprint density at radius 3 is 2.06 bits per heavy atom. The number of aryl methyl sites for hydroxylation is 2. The van der Waals surface area contributed by atoms with Crippen molar-refractivity contribution in [2.75, 3.05) is 4.90 Å². The van der Waals surface area contributed by atoms with Crippen LogP contribution in [0.4, 0.5) is 16.4 Å². The molecule has 4 aromatic carbocycles. The third-order valence-electron chi connectivity index (χ3n) is 6.50. The molecule has 174 valence electrons. The van der Waals surface area contributed by atoms with Gasteiger partial charge in [-0.25, -0.2) is 0 Å². The Labute approximate surface area is 214 Å². The largest absolute Gasteiger partial charge is 0.301 e. The van der Waals surface area contributed by atoms with Gasteiger partial charge in [0.15, 0.2) is 11.6 Å². The summed E-state index contributed by atoms with van der Waals surface area (Å²) in [6, 6.07) is 32.3. The number of thiophene rings is 1. The Balaban J connectivity index is 1.48. The van der Waals surface area contributed by atoms with E-state index in [0.29, 0.717) is 11.1 Å². The van der Waals surface area contributed by atoms with E-state index in [1.807, 2.05) is 6.07 Å². The molecular formula is C32H23NO2S. The highest BCUT2D eigenvalue weighted by molar-refractivity contribution is 7.17. The van der Waals surface area contributed by atoms with Crippen LogP contribution in [-0.2, 0) is 0 Å². The second kappa shape index (κ2) is 8.74. The fraction of sp³-hybridized carbons (Fsp3) is 0.0625. The van der Waals surface area contributed by atoms with Gasteiger partial charge >= 0.3 is 0 Å². The highest BCUT2D eigenvalue weighted by atomic mass is 32.1. The molecule has 0 saturated heterocycles. The van der Waals surface area contributed by atoms with E-state index < -0.39 is 0 Å². The molecule has 0 aliphatic heterocycles. The van der Waals surface area contributed by atoms with Gasteiger partial charge in [-0.05, 0) is 66.8 Å². The van der Waals surface area contributed by atoms with Crippen LogP contribution >= 0.6 is 11.3 Å². The van der Waals surface area contributed by atoms with Crippen molar-refractivity contribution in [3.8, 4) is 0 Å². The second-order valence-electron chi connectivity index (χ2n) is 9.12. The summed E-state index contributed by atoms with van der Waals surface area (Å²) < 4.78 is 0. The lowest BCUT2D eigenvalue weighted by atomic mass is 10.1. The minimum absolute atomic E-state index is 0.203. The Morgan fingerprint density at radius 2 is 1.33 bits per heavy atom. The van der Waals surface area contributed by atoms with E-state index in [1.54, 1.807) is 41.7 Å². The van der Waals surface area contributed by atoms with Gasteiger partial charge in [-0.3, -0.25) is 9.59 Å². The highest BCUT2D eigenvalue weighted by Gasteiger charge is 2.32. The maximum Gasteiger partial charge on any atom is 0.197 e. The van der Waals surface area contributed by atoms with Crippen LogP contribution in [0.2, 0.25) is 0 Å². The molecule has 0 atom stereocenters. The van der Waals surface area contributed by atoms with Crippen molar-refractivity contribution in [1.29, 1.82) is 0 Å². The molecule has 0 radical (unpaired) electrons. The topological polar surface area (TPSA) is 37.4 Å². The fourth-order valence-electron chi connectivity index (χ4n) is 4.95. The summed E-state index contributed by atoms with van der Waals surface area (Å²) in [5.41, 5.74) is 5.73. The predicted molar refractivity (Wildman–Crippen MR) is 149 cm³/mol. The first-order valence-corrected chi connectivity index (χ1v) is 12.7. The number of allylic oxidation sites excluding steroid dienone is 1. The van der Waals surface area contributed by atoms with E-state index in [1.165, 1.54) is 16.5 Å². The van der Waals surface area contributed by atoms with E-state index in [4.69, 9.17) is 0 Å². The highest BCUT2D eigenvalue weighted by Crippen LogP contribution is 2.43. The molecule has 6 rings (SSSR count). The Hall–Kier alpha value is -4.28. The van der Waals surface area contributed by atoms with E-state index in [0.717, 1.165) is 26.6 Å². The fourth-order valence-corrected chi connectivity index (χ4v) is 5.94. The monoisotopic (exact) mass is 485 g/mol. The molecule has 1 aromatic heterocycles. The van der Waals surface area contributed by atoms with Crippen LogP contribution in [0.25, 0.3) is 16.8 Å². The minimum atomic E-state index is -0.203. The maximum atomic E-state index is 12.9. The van der Waals surface area contributed by atoms with Gasteiger partial charge in [0.25, 0.3) is 0 Å². The molecular weight excluding hydrogens is 462 g/mol. The van der Waals surface area contributed by atoms with E-state index in [2.05, 4.69) is 85.5 Å². The minimum Gasteiger partial charge on any atom is -0.301 e. The lowest BCUT2D eigenvalue weighted by Gasteiger charge is -2.26. The lowest BCUT2D eigenvalue weighted by molar-refractivity contribution is 0.0990. The smallest absolute Gasteiger partial charge is 0.197 e. The number of benzene rings is 4. The van der Waals surface area contributed by atoms with Crippen molar-refractivity contribution in [2.45, 2.75) is 13.8 Å².